The molecular weight excluding hydrogens is 328 g/mol. The maximum Gasteiger partial charge on any atom is 0.178 e. The molecule has 0 spiro atoms. The van der Waals surface area contributed by atoms with Gasteiger partial charge in [0.25, 0.3) is 0 Å². The summed E-state index contributed by atoms with van der Waals surface area (Å²) in [4.78, 5) is 11.6. The van der Waals surface area contributed by atoms with E-state index in [0.717, 1.165) is 60.4 Å². The number of nitrogens with zero attached hydrogens (tertiary/aromatic N) is 5. The predicted octanol–water partition coefficient (Wildman–Crippen LogP) is 2.76. The molecule has 7 nitrogen and oxygen atoms in total. The van der Waals surface area contributed by atoms with Crippen molar-refractivity contribution in [3.63, 3.8) is 0 Å². The van der Waals surface area contributed by atoms with Gasteiger partial charge in [-0.1, -0.05) is 0 Å². The molecule has 0 saturated carbocycles. The molecule has 1 N–H and O–H groups in total. The molecule has 4 heterocycles. The zero-order valence-corrected chi connectivity index (χ0v) is 15.4. The van der Waals surface area contributed by atoms with E-state index >= 15 is 0 Å². The molecule has 3 aromatic heterocycles. The van der Waals surface area contributed by atoms with Gasteiger partial charge < -0.3 is 15.0 Å². The van der Waals surface area contributed by atoms with E-state index in [1.807, 2.05) is 36.0 Å². The van der Waals surface area contributed by atoms with Crippen LogP contribution in [0.25, 0.3) is 16.9 Å². The van der Waals surface area contributed by atoms with Crippen LogP contribution in [0.4, 0.5) is 11.5 Å². The third-order valence-corrected chi connectivity index (χ3v) is 4.49. The Morgan fingerprint density at radius 3 is 2.73 bits per heavy atom. The van der Waals surface area contributed by atoms with Gasteiger partial charge in [-0.25, -0.2) is 14.5 Å². The molecule has 0 radical (unpaired) electrons. The summed E-state index contributed by atoms with van der Waals surface area (Å²) in [6, 6.07) is 6.42. The van der Waals surface area contributed by atoms with Gasteiger partial charge in [-0.3, -0.25) is 0 Å². The van der Waals surface area contributed by atoms with E-state index in [1.165, 1.54) is 0 Å². The van der Waals surface area contributed by atoms with E-state index in [4.69, 9.17) is 9.72 Å². The van der Waals surface area contributed by atoms with E-state index in [9.17, 15) is 0 Å². The molecule has 4 rings (SSSR count). The molecule has 0 amide bonds. The van der Waals surface area contributed by atoms with Crippen molar-refractivity contribution in [3.8, 4) is 11.3 Å². The Morgan fingerprint density at radius 2 is 1.96 bits per heavy atom. The number of anilines is 2. The molecular formula is C19H24N6O. The van der Waals surface area contributed by atoms with Gasteiger partial charge in [0.05, 0.1) is 36.5 Å². The fourth-order valence-corrected chi connectivity index (χ4v) is 3.38. The number of morpholine rings is 1. The van der Waals surface area contributed by atoms with Gasteiger partial charge in [0.1, 0.15) is 5.82 Å². The number of ether oxygens (including phenoxy) is 1. The second kappa shape index (κ2) is 6.92. The summed E-state index contributed by atoms with van der Waals surface area (Å²) in [5.74, 6) is 0.858. The average molecular weight is 352 g/mol. The number of imidazole rings is 1. The Hall–Kier alpha value is -2.67. The molecule has 7 heteroatoms. The van der Waals surface area contributed by atoms with Crippen molar-refractivity contribution in [1.29, 1.82) is 0 Å². The number of fused-ring (bicyclic) bond motifs is 1. The Morgan fingerprint density at radius 1 is 1.15 bits per heavy atom. The van der Waals surface area contributed by atoms with Gasteiger partial charge in [-0.15, -0.1) is 0 Å². The number of hydrogen-bond acceptors (Lipinski definition) is 6. The first-order valence-electron chi connectivity index (χ1n) is 9.03. The van der Waals surface area contributed by atoms with E-state index in [2.05, 4.69) is 40.2 Å². The number of aromatic nitrogens is 4. The minimum atomic E-state index is 0.326. The number of aryl methyl sites for hydroxylation is 1. The zero-order valence-electron chi connectivity index (χ0n) is 15.4. The topological polar surface area (TPSA) is 67.6 Å². The van der Waals surface area contributed by atoms with Crippen LogP contribution in [0, 0.1) is 6.92 Å². The van der Waals surface area contributed by atoms with Crippen LogP contribution < -0.4 is 10.2 Å². The van der Waals surface area contributed by atoms with E-state index in [0.29, 0.717) is 6.04 Å². The highest BCUT2D eigenvalue weighted by atomic mass is 16.5. The third kappa shape index (κ3) is 3.10. The first-order valence-corrected chi connectivity index (χ1v) is 9.03. The summed E-state index contributed by atoms with van der Waals surface area (Å²) in [7, 11) is 0. The predicted molar refractivity (Wildman–Crippen MR) is 103 cm³/mol. The van der Waals surface area contributed by atoms with Gasteiger partial charge in [0, 0.05) is 30.9 Å². The highest BCUT2D eigenvalue weighted by Crippen LogP contribution is 2.29. The lowest BCUT2D eigenvalue weighted by atomic mass is 10.1. The van der Waals surface area contributed by atoms with Crippen LogP contribution in [0.2, 0.25) is 0 Å². The Labute approximate surface area is 153 Å². The summed E-state index contributed by atoms with van der Waals surface area (Å²) in [5.41, 5.74) is 5.01. The minimum Gasteiger partial charge on any atom is -0.378 e. The molecule has 1 aliphatic heterocycles. The standard InChI is InChI=1S/C19H24N6O/c1-13(2)22-17-12-15(4-6-20-17)18-14(3)23-19-16(5-7-21-25(18)19)24-8-10-26-11-9-24/h4-7,12-13H,8-11H2,1-3H3,(H,20,22). The quantitative estimate of drug-likeness (QED) is 0.779. The maximum absolute atomic E-state index is 5.48. The molecule has 0 unspecified atom stereocenters. The van der Waals surface area contributed by atoms with Crippen molar-refractivity contribution in [3.05, 3.63) is 36.3 Å². The number of nitrogens with one attached hydrogen (secondary N) is 1. The second-order valence-corrected chi connectivity index (χ2v) is 6.83. The Kier molecular flexibility index (Phi) is 4.46. The van der Waals surface area contributed by atoms with Crippen LogP contribution in [0.3, 0.4) is 0 Å². The van der Waals surface area contributed by atoms with Crippen molar-refractivity contribution >= 4 is 17.2 Å². The first-order chi connectivity index (χ1) is 12.6. The van der Waals surface area contributed by atoms with Crippen LogP contribution in [-0.4, -0.2) is 51.9 Å². The Bertz CT molecular complexity index is 914. The van der Waals surface area contributed by atoms with Crippen LogP contribution in [-0.2, 0) is 4.74 Å². The SMILES string of the molecule is Cc1nc2c(N3CCOCC3)ccnn2c1-c1ccnc(NC(C)C)c1. The summed E-state index contributed by atoms with van der Waals surface area (Å²) in [5, 5.41) is 7.93. The highest BCUT2D eigenvalue weighted by Gasteiger charge is 2.19. The molecule has 0 aromatic carbocycles. The number of rotatable bonds is 4. The summed E-state index contributed by atoms with van der Waals surface area (Å²) in [6.07, 6.45) is 3.67. The third-order valence-electron chi connectivity index (χ3n) is 4.49. The number of hydrogen-bond donors (Lipinski definition) is 1. The largest absolute Gasteiger partial charge is 0.378 e. The summed E-state index contributed by atoms with van der Waals surface area (Å²) in [6.45, 7) is 9.47. The molecule has 0 bridgehead atoms. The van der Waals surface area contributed by atoms with Gasteiger partial charge in [-0.05, 0) is 39.0 Å². The smallest absolute Gasteiger partial charge is 0.178 e. The maximum atomic E-state index is 5.48. The van der Waals surface area contributed by atoms with Gasteiger partial charge in [0.15, 0.2) is 5.65 Å². The molecule has 1 saturated heterocycles. The van der Waals surface area contributed by atoms with Gasteiger partial charge in [-0.2, -0.15) is 5.10 Å². The van der Waals surface area contributed by atoms with Crippen molar-refractivity contribution in [1.82, 2.24) is 19.6 Å². The molecule has 1 fully saturated rings. The Balaban J connectivity index is 1.80. The normalized spacial score (nSPS) is 15.0. The number of pyridine rings is 1. The van der Waals surface area contributed by atoms with Crippen LogP contribution in [0.15, 0.2) is 30.6 Å². The molecule has 0 aliphatic carbocycles. The van der Waals surface area contributed by atoms with Crippen LogP contribution >= 0.6 is 0 Å². The first kappa shape index (κ1) is 16.8. The lowest BCUT2D eigenvalue weighted by Crippen LogP contribution is -2.36. The van der Waals surface area contributed by atoms with Crippen LogP contribution in [0.5, 0.6) is 0 Å². The molecule has 136 valence electrons. The lowest BCUT2D eigenvalue weighted by molar-refractivity contribution is 0.123. The summed E-state index contributed by atoms with van der Waals surface area (Å²) < 4.78 is 7.42. The van der Waals surface area contributed by atoms with Crippen molar-refractivity contribution in [2.45, 2.75) is 26.8 Å². The fourth-order valence-electron chi connectivity index (χ4n) is 3.38. The summed E-state index contributed by atoms with van der Waals surface area (Å²) >= 11 is 0. The second-order valence-electron chi connectivity index (χ2n) is 6.83. The molecule has 26 heavy (non-hydrogen) atoms. The zero-order chi connectivity index (χ0) is 18.1. The minimum absolute atomic E-state index is 0.326. The van der Waals surface area contributed by atoms with E-state index in [1.54, 1.807) is 0 Å². The molecule has 3 aromatic rings. The van der Waals surface area contributed by atoms with Crippen molar-refractivity contribution in [2.24, 2.45) is 0 Å². The molecule has 1 aliphatic rings. The average Bonchev–Trinajstić information content (AvgIpc) is 2.98. The lowest BCUT2D eigenvalue weighted by Gasteiger charge is -2.28. The van der Waals surface area contributed by atoms with Gasteiger partial charge in [0.2, 0.25) is 0 Å². The van der Waals surface area contributed by atoms with Gasteiger partial charge >= 0.3 is 0 Å². The van der Waals surface area contributed by atoms with E-state index < -0.39 is 0 Å². The fraction of sp³-hybridized carbons (Fsp3) is 0.421. The van der Waals surface area contributed by atoms with Crippen molar-refractivity contribution in [2.75, 3.05) is 36.5 Å². The molecule has 0 atom stereocenters. The highest BCUT2D eigenvalue weighted by molar-refractivity contribution is 5.76. The van der Waals surface area contributed by atoms with Crippen molar-refractivity contribution < 1.29 is 4.74 Å². The van der Waals surface area contributed by atoms with E-state index in [-0.39, 0.29) is 0 Å². The van der Waals surface area contributed by atoms with Crippen LogP contribution in [0.1, 0.15) is 19.5 Å². The monoisotopic (exact) mass is 352 g/mol.